The molecule has 0 bridgehead atoms. The van der Waals surface area contributed by atoms with Crippen molar-refractivity contribution in [3.05, 3.63) is 65.5 Å². The highest BCUT2D eigenvalue weighted by Gasteiger charge is 2.36. The second-order valence-electron chi connectivity index (χ2n) is 8.07. The van der Waals surface area contributed by atoms with Gasteiger partial charge in [0.1, 0.15) is 11.6 Å². The Morgan fingerprint density at radius 2 is 1.81 bits per heavy atom. The molecule has 0 aliphatic carbocycles. The van der Waals surface area contributed by atoms with E-state index in [4.69, 9.17) is 4.74 Å². The molecule has 31 heavy (non-hydrogen) atoms. The first kappa shape index (κ1) is 21.3. The van der Waals surface area contributed by atoms with Crippen LogP contribution in [0.3, 0.4) is 0 Å². The Balaban J connectivity index is 1.37. The summed E-state index contributed by atoms with van der Waals surface area (Å²) in [5.74, 6) is 0.394. The van der Waals surface area contributed by atoms with Crippen molar-refractivity contribution in [2.24, 2.45) is 0 Å². The minimum atomic E-state index is -0.272. The molecule has 2 fully saturated rings. The van der Waals surface area contributed by atoms with Gasteiger partial charge in [-0.2, -0.15) is 0 Å². The highest BCUT2D eigenvalue weighted by atomic mass is 19.1. The Hall–Kier alpha value is -2.93. The van der Waals surface area contributed by atoms with Crippen LogP contribution in [0, 0.1) is 5.82 Å². The Bertz CT molecular complexity index is 934. The molecule has 2 saturated heterocycles. The van der Waals surface area contributed by atoms with Gasteiger partial charge in [0.05, 0.1) is 18.7 Å². The lowest BCUT2D eigenvalue weighted by Gasteiger charge is -2.27. The second-order valence-corrected chi connectivity index (χ2v) is 8.07. The quantitative estimate of drug-likeness (QED) is 0.739. The Morgan fingerprint density at radius 1 is 1.03 bits per heavy atom. The largest absolute Gasteiger partial charge is 0.496 e. The normalized spacial score (nSPS) is 20.1. The highest BCUT2D eigenvalue weighted by Crippen LogP contribution is 2.23. The smallest absolute Gasteiger partial charge is 0.257 e. The number of halogens is 1. The van der Waals surface area contributed by atoms with Gasteiger partial charge in [0.25, 0.3) is 5.91 Å². The Labute approximate surface area is 182 Å². The monoisotopic (exact) mass is 425 g/mol. The maximum absolute atomic E-state index is 13.1. The predicted molar refractivity (Wildman–Crippen MR) is 115 cm³/mol. The van der Waals surface area contributed by atoms with Gasteiger partial charge in [-0.25, -0.2) is 4.39 Å². The number of rotatable bonds is 5. The van der Waals surface area contributed by atoms with Crippen LogP contribution in [0.25, 0.3) is 0 Å². The molecule has 6 nitrogen and oxygen atoms in total. The molecule has 0 unspecified atom stereocenters. The number of hydrogen-bond acceptors (Lipinski definition) is 4. The van der Waals surface area contributed by atoms with E-state index in [0.717, 1.165) is 24.9 Å². The summed E-state index contributed by atoms with van der Waals surface area (Å²) < 4.78 is 18.5. The van der Waals surface area contributed by atoms with E-state index in [-0.39, 0.29) is 23.7 Å². The fourth-order valence-corrected chi connectivity index (χ4v) is 4.47. The van der Waals surface area contributed by atoms with Crippen LogP contribution in [0.5, 0.6) is 5.75 Å². The van der Waals surface area contributed by atoms with Gasteiger partial charge in [-0.1, -0.05) is 24.3 Å². The van der Waals surface area contributed by atoms with Crippen molar-refractivity contribution in [3.63, 3.8) is 0 Å². The molecule has 2 aromatic rings. The van der Waals surface area contributed by atoms with Crippen LogP contribution < -0.4 is 4.74 Å². The van der Waals surface area contributed by atoms with Crippen LogP contribution in [0.2, 0.25) is 0 Å². The fraction of sp³-hybridized carbons (Fsp3) is 0.417. The third-order valence-corrected chi connectivity index (χ3v) is 6.15. The van der Waals surface area contributed by atoms with Crippen molar-refractivity contribution in [2.75, 3.05) is 39.8 Å². The van der Waals surface area contributed by atoms with E-state index in [1.807, 2.05) is 21.9 Å². The molecular weight excluding hydrogens is 397 g/mol. The minimum absolute atomic E-state index is 0.0324. The summed E-state index contributed by atoms with van der Waals surface area (Å²) >= 11 is 0. The first-order valence-corrected chi connectivity index (χ1v) is 10.8. The number of hydrogen-bond donors (Lipinski definition) is 0. The van der Waals surface area contributed by atoms with Crippen LogP contribution in [0.1, 0.15) is 28.8 Å². The van der Waals surface area contributed by atoms with Crippen molar-refractivity contribution in [1.82, 2.24) is 14.7 Å². The molecule has 0 spiro atoms. The third-order valence-electron chi connectivity index (χ3n) is 6.15. The zero-order valence-electron chi connectivity index (χ0n) is 17.8. The van der Waals surface area contributed by atoms with E-state index in [9.17, 15) is 14.0 Å². The summed E-state index contributed by atoms with van der Waals surface area (Å²) in [6.45, 7) is 3.90. The van der Waals surface area contributed by atoms with Gasteiger partial charge < -0.3 is 14.5 Å². The number of carbonyl (C=O) groups excluding carboxylic acids is 2. The average Bonchev–Trinajstić information content (AvgIpc) is 3.00. The lowest BCUT2D eigenvalue weighted by atomic mass is 10.1. The summed E-state index contributed by atoms with van der Waals surface area (Å²) in [6.07, 6.45) is 1.60. The molecule has 1 atom stereocenters. The minimum Gasteiger partial charge on any atom is -0.496 e. The number of nitrogens with zero attached hydrogens (tertiary/aromatic N) is 3. The van der Waals surface area contributed by atoms with Gasteiger partial charge >= 0.3 is 0 Å². The summed E-state index contributed by atoms with van der Waals surface area (Å²) in [4.78, 5) is 32.0. The summed E-state index contributed by atoms with van der Waals surface area (Å²) in [5, 5.41) is 0. The SMILES string of the molecule is COc1ccccc1C(=O)N1CCCN([C@@H]2CCN(Cc3ccc(F)cc3)C2=O)CC1. The first-order chi connectivity index (χ1) is 15.1. The van der Waals surface area contributed by atoms with E-state index >= 15 is 0 Å². The number of para-hydroxylation sites is 1. The highest BCUT2D eigenvalue weighted by molar-refractivity contribution is 5.97. The van der Waals surface area contributed by atoms with Gasteiger partial charge in [-0.15, -0.1) is 0 Å². The molecule has 0 saturated carbocycles. The number of amides is 2. The van der Waals surface area contributed by atoms with Crippen LogP contribution in [0.4, 0.5) is 4.39 Å². The number of likely N-dealkylation sites (tertiary alicyclic amines) is 1. The molecule has 0 radical (unpaired) electrons. The van der Waals surface area contributed by atoms with Crippen molar-refractivity contribution in [2.45, 2.75) is 25.4 Å². The molecule has 2 aliphatic rings. The van der Waals surface area contributed by atoms with E-state index in [0.29, 0.717) is 44.0 Å². The van der Waals surface area contributed by atoms with Crippen molar-refractivity contribution in [1.29, 1.82) is 0 Å². The predicted octanol–water partition coefficient (Wildman–Crippen LogP) is 2.78. The zero-order valence-corrected chi connectivity index (χ0v) is 17.8. The number of ether oxygens (including phenoxy) is 1. The zero-order chi connectivity index (χ0) is 21.8. The van der Waals surface area contributed by atoms with Crippen molar-refractivity contribution < 1.29 is 18.7 Å². The van der Waals surface area contributed by atoms with Crippen LogP contribution in [-0.2, 0) is 11.3 Å². The van der Waals surface area contributed by atoms with E-state index in [1.165, 1.54) is 12.1 Å². The van der Waals surface area contributed by atoms with Crippen molar-refractivity contribution in [3.8, 4) is 5.75 Å². The van der Waals surface area contributed by atoms with Crippen molar-refractivity contribution >= 4 is 11.8 Å². The van der Waals surface area contributed by atoms with Gasteiger partial charge in [0.2, 0.25) is 5.91 Å². The summed E-state index contributed by atoms with van der Waals surface area (Å²) in [5.41, 5.74) is 1.50. The topological polar surface area (TPSA) is 53.1 Å². The van der Waals surface area contributed by atoms with E-state index < -0.39 is 0 Å². The van der Waals surface area contributed by atoms with Crippen LogP contribution in [0.15, 0.2) is 48.5 Å². The molecule has 2 heterocycles. The van der Waals surface area contributed by atoms with E-state index in [1.54, 1.807) is 31.4 Å². The van der Waals surface area contributed by atoms with Crippen LogP contribution in [-0.4, -0.2) is 72.4 Å². The lowest BCUT2D eigenvalue weighted by molar-refractivity contribution is -0.132. The van der Waals surface area contributed by atoms with Gasteiger partial charge in [0, 0.05) is 39.3 Å². The molecule has 2 amide bonds. The van der Waals surface area contributed by atoms with Gasteiger partial charge in [-0.3, -0.25) is 14.5 Å². The summed E-state index contributed by atoms with van der Waals surface area (Å²) in [7, 11) is 1.57. The lowest BCUT2D eigenvalue weighted by Crippen LogP contribution is -2.44. The summed E-state index contributed by atoms with van der Waals surface area (Å²) in [6, 6.07) is 13.4. The number of carbonyl (C=O) groups is 2. The maximum atomic E-state index is 13.1. The molecule has 2 aliphatic heterocycles. The fourth-order valence-electron chi connectivity index (χ4n) is 4.47. The van der Waals surface area contributed by atoms with E-state index in [2.05, 4.69) is 4.90 Å². The number of methoxy groups -OCH3 is 1. The molecular formula is C24H28FN3O3. The standard InChI is InChI=1S/C24H28FN3O3/c1-31-22-6-3-2-5-20(22)23(29)27-13-4-12-26(15-16-27)21-11-14-28(24(21)30)17-18-7-9-19(25)10-8-18/h2-3,5-10,21H,4,11-17H2,1H3/t21-/m1/s1. The first-order valence-electron chi connectivity index (χ1n) is 10.8. The second kappa shape index (κ2) is 9.47. The molecule has 0 aromatic heterocycles. The third kappa shape index (κ3) is 4.71. The van der Waals surface area contributed by atoms with Crippen LogP contribution >= 0.6 is 0 Å². The Morgan fingerprint density at radius 3 is 2.58 bits per heavy atom. The molecule has 2 aromatic carbocycles. The van der Waals surface area contributed by atoms with Gasteiger partial charge in [0.15, 0.2) is 0 Å². The number of benzene rings is 2. The molecule has 164 valence electrons. The molecule has 0 N–H and O–H groups in total. The molecule has 4 rings (SSSR count). The molecule has 7 heteroatoms. The maximum Gasteiger partial charge on any atom is 0.257 e. The Kier molecular flexibility index (Phi) is 6.51. The average molecular weight is 426 g/mol. The van der Waals surface area contributed by atoms with Gasteiger partial charge in [-0.05, 0) is 42.7 Å².